The first-order valence-electron chi connectivity index (χ1n) is 4.88. The van der Waals surface area contributed by atoms with Gasteiger partial charge < -0.3 is 15.9 Å². The standard InChI is InChI=1S/C9H16N4O3/c1-9(2,16)5-13-4-6(11-12-13)3-7(10)8(14)15/h4,7,16H,3,5,10H2,1-2H3,(H,14,15). The van der Waals surface area contributed by atoms with E-state index >= 15 is 0 Å². The minimum absolute atomic E-state index is 0.126. The average molecular weight is 228 g/mol. The number of aliphatic carboxylic acids is 1. The Morgan fingerprint density at radius 1 is 1.69 bits per heavy atom. The first-order chi connectivity index (χ1) is 7.28. The summed E-state index contributed by atoms with van der Waals surface area (Å²) >= 11 is 0. The summed E-state index contributed by atoms with van der Waals surface area (Å²) in [6.07, 6.45) is 1.71. The van der Waals surface area contributed by atoms with Crippen LogP contribution < -0.4 is 5.73 Å². The molecule has 4 N–H and O–H groups in total. The van der Waals surface area contributed by atoms with Crippen molar-refractivity contribution >= 4 is 5.97 Å². The second kappa shape index (κ2) is 4.58. The van der Waals surface area contributed by atoms with Gasteiger partial charge in [0, 0.05) is 12.6 Å². The third-order valence-electron chi connectivity index (χ3n) is 1.88. The number of nitrogens with zero attached hydrogens (tertiary/aromatic N) is 3. The van der Waals surface area contributed by atoms with Crippen LogP contribution in [0.5, 0.6) is 0 Å². The molecule has 1 heterocycles. The van der Waals surface area contributed by atoms with Crippen LogP contribution in [0, 0.1) is 0 Å². The maximum absolute atomic E-state index is 10.5. The Balaban J connectivity index is 2.62. The molecule has 0 saturated carbocycles. The summed E-state index contributed by atoms with van der Waals surface area (Å²) in [5.41, 5.74) is 4.97. The number of hydrogen-bond acceptors (Lipinski definition) is 5. The van der Waals surface area contributed by atoms with E-state index in [0.717, 1.165) is 0 Å². The van der Waals surface area contributed by atoms with E-state index in [1.807, 2.05) is 0 Å². The van der Waals surface area contributed by atoms with Crippen molar-refractivity contribution in [1.29, 1.82) is 0 Å². The van der Waals surface area contributed by atoms with Crippen LogP contribution >= 0.6 is 0 Å². The highest BCUT2D eigenvalue weighted by molar-refractivity contribution is 5.73. The molecule has 7 nitrogen and oxygen atoms in total. The Morgan fingerprint density at radius 2 is 2.31 bits per heavy atom. The van der Waals surface area contributed by atoms with E-state index in [1.165, 1.54) is 4.68 Å². The second-order valence-electron chi connectivity index (χ2n) is 4.37. The molecule has 1 unspecified atom stereocenters. The van der Waals surface area contributed by atoms with Gasteiger partial charge in [0.1, 0.15) is 6.04 Å². The fraction of sp³-hybridized carbons (Fsp3) is 0.667. The summed E-state index contributed by atoms with van der Waals surface area (Å²) in [5, 5.41) is 25.7. The Labute approximate surface area is 92.9 Å². The molecule has 1 atom stereocenters. The fourth-order valence-electron chi connectivity index (χ4n) is 1.22. The number of aliphatic hydroxyl groups is 1. The van der Waals surface area contributed by atoms with Crippen LogP contribution in [0.1, 0.15) is 19.5 Å². The minimum Gasteiger partial charge on any atom is -0.480 e. The van der Waals surface area contributed by atoms with E-state index in [1.54, 1.807) is 20.0 Å². The molecule has 0 aliphatic rings. The summed E-state index contributed by atoms with van der Waals surface area (Å²) in [5.74, 6) is -1.07. The molecule has 0 fully saturated rings. The molecular formula is C9H16N4O3. The van der Waals surface area contributed by atoms with Crippen LogP contribution in [-0.4, -0.2) is 42.8 Å². The first-order valence-corrected chi connectivity index (χ1v) is 4.88. The number of nitrogens with two attached hydrogens (primary N) is 1. The van der Waals surface area contributed by atoms with Gasteiger partial charge in [-0.2, -0.15) is 0 Å². The third kappa shape index (κ3) is 3.95. The lowest BCUT2D eigenvalue weighted by molar-refractivity contribution is -0.138. The van der Waals surface area contributed by atoms with Crippen molar-refractivity contribution in [2.75, 3.05) is 0 Å². The molecule has 1 rings (SSSR count). The van der Waals surface area contributed by atoms with Gasteiger partial charge in [0.15, 0.2) is 0 Å². The SMILES string of the molecule is CC(C)(O)Cn1cc(CC(N)C(=O)O)nn1. The molecule has 0 aliphatic heterocycles. The van der Waals surface area contributed by atoms with E-state index in [2.05, 4.69) is 10.3 Å². The molecule has 0 saturated heterocycles. The summed E-state index contributed by atoms with van der Waals surface area (Å²) < 4.78 is 1.46. The van der Waals surface area contributed by atoms with Gasteiger partial charge in [-0.1, -0.05) is 5.21 Å². The van der Waals surface area contributed by atoms with Gasteiger partial charge in [0.2, 0.25) is 0 Å². The van der Waals surface area contributed by atoms with Gasteiger partial charge >= 0.3 is 5.97 Å². The predicted octanol–water partition coefficient (Wildman–Crippen LogP) is -0.997. The molecular weight excluding hydrogens is 212 g/mol. The summed E-state index contributed by atoms with van der Waals surface area (Å²) in [7, 11) is 0. The highest BCUT2D eigenvalue weighted by atomic mass is 16.4. The summed E-state index contributed by atoms with van der Waals surface area (Å²) in [6.45, 7) is 3.59. The van der Waals surface area contributed by atoms with Crippen molar-refractivity contribution in [3.05, 3.63) is 11.9 Å². The topological polar surface area (TPSA) is 114 Å². The van der Waals surface area contributed by atoms with Crippen LogP contribution in [0.2, 0.25) is 0 Å². The Morgan fingerprint density at radius 3 is 2.81 bits per heavy atom. The zero-order valence-electron chi connectivity index (χ0n) is 9.29. The van der Waals surface area contributed by atoms with Crippen LogP contribution in [0.25, 0.3) is 0 Å². The number of hydrogen-bond donors (Lipinski definition) is 3. The van der Waals surface area contributed by atoms with Crippen LogP contribution in [0.3, 0.4) is 0 Å². The number of rotatable bonds is 5. The van der Waals surface area contributed by atoms with Crippen LogP contribution in [-0.2, 0) is 17.8 Å². The summed E-state index contributed by atoms with van der Waals surface area (Å²) in [4.78, 5) is 10.5. The lowest BCUT2D eigenvalue weighted by Gasteiger charge is -2.15. The van der Waals surface area contributed by atoms with Gasteiger partial charge in [-0.05, 0) is 13.8 Å². The van der Waals surface area contributed by atoms with Gasteiger partial charge in [-0.3, -0.25) is 4.79 Å². The molecule has 0 amide bonds. The van der Waals surface area contributed by atoms with E-state index in [9.17, 15) is 9.90 Å². The first kappa shape index (κ1) is 12.6. The van der Waals surface area contributed by atoms with E-state index in [4.69, 9.17) is 10.8 Å². The maximum atomic E-state index is 10.5. The highest BCUT2D eigenvalue weighted by Crippen LogP contribution is 2.05. The molecule has 0 bridgehead atoms. The number of carbonyl (C=O) groups is 1. The van der Waals surface area contributed by atoms with Gasteiger partial charge in [-0.25, -0.2) is 4.68 Å². The van der Waals surface area contributed by atoms with Gasteiger partial charge in [0.25, 0.3) is 0 Å². The molecule has 0 radical (unpaired) electrons. The Bertz CT molecular complexity index is 369. The molecule has 1 aromatic rings. The maximum Gasteiger partial charge on any atom is 0.320 e. The largest absolute Gasteiger partial charge is 0.480 e. The van der Waals surface area contributed by atoms with Crippen molar-refractivity contribution < 1.29 is 15.0 Å². The smallest absolute Gasteiger partial charge is 0.320 e. The normalized spacial score (nSPS) is 13.8. The lowest BCUT2D eigenvalue weighted by Crippen LogP contribution is -2.32. The van der Waals surface area contributed by atoms with Crippen LogP contribution in [0.15, 0.2) is 6.20 Å². The zero-order valence-corrected chi connectivity index (χ0v) is 9.29. The average Bonchev–Trinajstić information content (AvgIpc) is 2.49. The molecule has 16 heavy (non-hydrogen) atoms. The Kier molecular flexibility index (Phi) is 3.61. The van der Waals surface area contributed by atoms with Crippen molar-refractivity contribution in [2.24, 2.45) is 5.73 Å². The van der Waals surface area contributed by atoms with Gasteiger partial charge in [-0.15, -0.1) is 5.10 Å². The quantitative estimate of drug-likeness (QED) is 0.595. The number of carboxylic acids is 1. The van der Waals surface area contributed by atoms with Crippen molar-refractivity contribution in [1.82, 2.24) is 15.0 Å². The van der Waals surface area contributed by atoms with Gasteiger partial charge in [0.05, 0.1) is 17.8 Å². The van der Waals surface area contributed by atoms with Crippen LogP contribution in [0.4, 0.5) is 0 Å². The highest BCUT2D eigenvalue weighted by Gasteiger charge is 2.17. The monoisotopic (exact) mass is 228 g/mol. The molecule has 0 aliphatic carbocycles. The van der Waals surface area contributed by atoms with Crippen molar-refractivity contribution in [3.8, 4) is 0 Å². The minimum atomic E-state index is -1.07. The summed E-state index contributed by atoms with van der Waals surface area (Å²) in [6, 6.07) is -0.979. The third-order valence-corrected chi connectivity index (χ3v) is 1.88. The predicted molar refractivity (Wildman–Crippen MR) is 55.6 cm³/mol. The van der Waals surface area contributed by atoms with E-state index in [0.29, 0.717) is 12.2 Å². The fourth-order valence-corrected chi connectivity index (χ4v) is 1.22. The molecule has 0 aromatic carbocycles. The second-order valence-corrected chi connectivity index (χ2v) is 4.37. The zero-order chi connectivity index (χ0) is 12.3. The molecule has 90 valence electrons. The van der Waals surface area contributed by atoms with Crippen molar-refractivity contribution in [3.63, 3.8) is 0 Å². The lowest BCUT2D eigenvalue weighted by atomic mass is 10.1. The number of carboxylic acid groups (broad SMARTS) is 1. The Hall–Kier alpha value is -1.47. The molecule has 0 spiro atoms. The number of aromatic nitrogens is 3. The molecule has 1 aromatic heterocycles. The van der Waals surface area contributed by atoms with Crippen molar-refractivity contribution in [2.45, 2.75) is 38.5 Å². The molecule has 7 heteroatoms. The van der Waals surface area contributed by atoms with E-state index < -0.39 is 17.6 Å². The van der Waals surface area contributed by atoms with E-state index in [-0.39, 0.29) is 6.42 Å².